The van der Waals surface area contributed by atoms with Gasteiger partial charge in [-0.2, -0.15) is 0 Å². The topological polar surface area (TPSA) is 41.5 Å². The van der Waals surface area contributed by atoms with E-state index in [2.05, 4.69) is 5.48 Å². The van der Waals surface area contributed by atoms with Crippen LogP contribution in [0.15, 0.2) is 0 Å². The van der Waals surface area contributed by atoms with Gasteiger partial charge in [0.05, 0.1) is 6.61 Å². The van der Waals surface area contributed by atoms with Crippen LogP contribution in [0.1, 0.15) is 20.8 Å². The molecule has 3 nitrogen and oxygen atoms in total. The first kappa shape index (κ1) is 9.88. The molecule has 3 heteroatoms. The van der Waals surface area contributed by atoms with Crippen molar-refractivity contribution in [3.8, 4) is 0 Å². The maximum Gasteiger partial charge on any atom is 0.0653 e. The van der Waals surface area contributed by atoms with Crippen molar-refractivity contribution in [3.05, 3.63) is 0 Å². The zero-order chi connectivity index (χ0) is 8.04. The van der Waals surface area contributed by atoms with Crippen LogP contribution in [-0.4, -0.2) is 24.9 Å². The summed E-state index contributed by atoms with van der Waals surface area (Å²) >= 11 is 0. The molecule has 0 aromatic heterocycles. The number of aliphatic hydroxyl groups is 1. The molecule has 0 spiro atoms. The molecule has 0 bridgehead atoms. The molecule has 0 saturated heterocycles. The summed E-state index contributed by atoms with van der Waals surface area (Å²) in [5, 5.41) is 8.80. The van der Waals surface area contributed by atoms with Gasteiger partial charge < -0.3 is 9.94 Å². The van der Waals surface area contributed by atoms with Crippen LogP contribution in [0.25, 0.3) is 0 Å². The van der Waals surface area contributed by atoms with E-state index in [1.807, 2.05) is 20.8 Å². The zero-order valence-electron chi connectivity index (χ0n) is 6.98. The van der Waals surface area contributed by atoms with Gasteiger partial charge in [0, 0.05) is 18.6 Å². The van der Waals surface area contributed by atoms with Crippen molar-refractivity contribution in [3.63, 3.8) is 0 Å². The molecule has 2 N–H and O–H groups in total. The highest BCUT2D eigenvalue weighted by molar-refractivity contribution is 4.66. The van der Waals surface area contributed by atoms with Gasteiger partial charge in [0.2, 0.25) is 0 Å². The van der Waals surface area contributed by atoms with Gasteiger partial charge in [0.15, 0.2) is 0 Å². The molecule has 0 saturated carbocycles. The normalized spacial score (nSPS) is 12.0. The fourth-order valence-electron chi connectivity index (χ4n) is 0.404. The number of hydroxylamine groups is 1. The fourth-order valence-corrected chi connectivity index (χ4v) is 0.404. The molecule has 0 aromatic carbocycles. The predicted molar refractivity (Wildman–Crippen MR) is 40.5 cm³/mol. The largest absolute Gasteiger partial charge is 0.396 e. The van der Waals surface area contributed by atoms with Crippen LogP contribution in [0.4, 0.5) is 0 Å². The lowest BCUT2D eigenvalue weighted by Crippen LogP contribution is -2.32. The smallest absolute Gasteiger partial charge is 0.0653 e. The average molecular weight is 147 g/mol. The number of hydrogen-bond donors (Lipinski definition) is 2. The molecule has 0 aliphatic heterocycles. The third-order valence-electron chi connectivity index (χ3n) is 1.23. The van der Waals surface area contributed by atoms with E-state index in [1.165, 1.54) is 0 Å². The first-order chi connectivity index (χ1) is 4.62. The molecule has 0 amide bonds. The fraction of sp³-hybridized carbons (Fsp3) is 1.00. The molecule has 0 radical (unpaired) electrons. The minimum atomic E-state index is -0.0881. The van der Waals surface area contributed by atoms with Crippen molar-refractivity contribution in [1.29, 1.82) is 0 Å². The number of hydrogen-bond acceptors (Lipinski definition) is 3. The Bertz CT molecular complexity index is 83.7. The van der Waals surface area contributed by atoms with E-state index in [1.54, 1.807) is 0 Å². The Kier molecular flexibility index (Phi) is 4.60. The van der Waals surface area contributed by atoms with Crippen molar-refractivity contribution in [2.24, 2.45) is 5.41 Å². The first-order valence-corrected chi connectivity index (χ1v) is 3.58. The Balaban J connectivity index is 3.28. The maximum atomic E-state index is 8.80. The summed E-state index contributed by atoms with van der Waals surface area (Å²) in [4.78, 5) is 4.91. The molecule has 10 heavy (non-hydrogen) atoms. The summed E-state index contributed by atoms with van der Waals surface area (Å²) in [5.41, 5.74) is 2.68. The highest BCUT2D eigenvalue weighted by Crippen LogP contribution is 2.10. The van der Waals surface area contributed by atoms with Crippen molar-refractivity contribution in [2.75, 3.05) is 19.8 Å². The first-order valence-electron chi connectivity index (χ1n) is 3.58. The summed E-state index contributed by atoms with van der Waals surface area (Å²) < 4.78 is 0. The van der Waals surface area contributed by atoms with Gasteiger partial charge in [0.1, 0.15) is 0 Å². The van der Waals surface area contributed by atoms with Gasteiger partial charge in [-0.25, -0.2) is 5.48 Å². The van der Waals surface area contributed by atoms with Crippen LogP contribution >= 0.6 is 0 Å². The highest BCUT2D eigenvalue weighted by atomic mass is 16.6. The summed E-state index contributed by atoms with van der Waals surface area (Å²) in [6, 6.07) is 0. The summed E-state index contributed by atoms with van der Waals surface area (Å²) in [5.74, 6) is 0. The maximum absolute atomic E-state index is 8.80. The molecule has 0 fully saturated rings. The monoisotopic (exact) mass is 147 g/mol. The molecular weight excluding hydrogens is 130 g/mol. The van der Waals surface area contributed by atoms with Gasteiger partial charge >= 0.3 is 0 Å². The zero-order valence-corrected chi connectivity index (χ0v) is 6.98. The van der Waals surface area contributed by atoms with Crippen LogP contribution in [0, 0.1) is 5.41 Å². The molecule has 0 aliphatic rings. The van der Waals surface area contributed by atoms with Crippen molar-refractivity contribution in [2.45, 2.75) is 20.8 Å². The van der Waals surface area contributed by atoms with E-state index in [-0.39, 0.29) is 12.0 Å². The van der Waals surface area contributed by atoms with Crippen LogP contribution in [-0.2, 0) is 4.84 Å². The summed E-state index contributed by atoms with van der Waals surface area (Å²) in [6.07, 6.45) is 0. The Morgan fingerprint density at radius 1 is 1.50 bits per heavy atom. The quantitative estimate of drug-likeness (QED) is 0.440. The Morgan fingerprint density at radius 3 is 2.50 bits per heavy atom. The minimum Gasteiger partial charge on any atom is -0.396 e. The molecule has 0 aromatic rings. The summed E-state index contributed by atoms with van der Waals surface area (Å²) in [7, 11) is 0. The van der Waals surface area contributed by atoms with Crippen LogP contribution in [0.3, 0.4) is 0 Å². The Morgan fingerprint density at radius 2 is 2.10 bits per heavy atom. The van der Waals surface area contributed by atoms with E-state index < -0.39 is 0 Å². The minimum absolute atomic E-state index is 0.0881. The molecule has 0 unspecified atom stereocenters. The van der Waals surface area contributed by atoms with Gasteiger partial charge in [-0.3, -0.25) is 0 Å². The SMILES string of the molecule is CCONCC(C)(C)CO. The Labute approximate surface area is 62.3 Å². The lowest BCUT2D eigenvalue weighted by atomic mass is 9.96. The van der Waals surface area contributed by atoms with Gasteiger partial charge in [-0.15, -0.1) is 0 Å². The number of nitrogens with one attached hydrogen (secondary N) is 1. The van der Waals surface area contributed by atoms with E-state index in [0.717, 1.165) is 0 Å². The third kappa shape index (κ3) is 4.73. The lowest BCUT2D eigenvalue weighted by molar-refractivity contribution is 0.0169. The van der Waals surface area contributed by atoms with Crippen molar-refractivity contribution in [1.82, 2.24) is 5.48 Å². The second-order valence-corrected chi connectivity index (χ2v) is 3.08. The molecule has 62 valence electrons. The van der Waals surface area contributed by atoms with E-state index in [0.29, 0.717) is 13.2 Å². The van der Waals surface area contributed by atoms with E-state index in [4.69, 9.17) is 9.94 Å². The standard InChI is InChI=1S/C7H17NO2/c1-4-10-8-5-7(2,3)6-9/h8-9H,4-6H2,1-3H3. The average Bonchev–Trinajstić information content (AvgIpc) is 1.89. The summed E-state index contributed by atoms with van der Waals surface area (Å²) in [6.45, 7) is 7.36. The van der Waals surface area contributed by atoms with Crippen LogP contribution < -0.4 is 5.48 Å². The third-order valence-corrected chi connectivity index (χ3v) is 1.23. The number of rotatable bonds is 5. The van der Waals surface area contributed by atoms with Gasteiger partial charge in [-0.1, -0.05) is 13.8 Å². The molecular formula is C7H17NO2. The van der Waals surface area contributed by atoms with Crippen molar-refractivity contribution < 1.29 is 9.94 Å². The van der Waals surface area contributed by atoms with E-state index >= 15 is 0 Å². The van der Waals surface area contributed by atoms with Gasteiger partial charge in [0.25, 0.3) is 0 Å². The second kappa shape index (κ2) is 4.66. The van der Waals surface area contributed by atoms with Crippen LogP contribution in [0.5, 0.6) is 0 Å². The van der Waals surface area contributed by atoms with Gasteiger partial charge in [-0.05, 0) is 6.92 Å². The molecule has 0 atom stereocenters. The molecule has 0 rings (SSSR count). The Hall–Kier alpha value is -0.120. The van der Waals surface area contributed by atoms with E-state index in [9.17, 15) is 0 Å². The predicted octanol–water partition coefficient (Wildman–Crippen LogP) is 0.546. The lowest BCUT2D eigenvalue weighted by Gasteiger charge is -2.21. The second-order valence-electron chi connectivity index (χ2n) is 3.08. The van der Waals surface area contributed by atoms with Crippen LogP contribution in [0.2, 0.25) is 0 Å². The molecule has 0 aliphatic carbocycles. The van der Waals surface area contributed by atoms with Crippen molar-refractivity contribution >= 4 is 0 Å². The number of aliphatic hydroxyl groups excluding tert-OH is 1. The highest BCUT2D eigenvalue weighted by Gasteiger charge is 2.15. The molecule has 0 heterocycles.